The van der Waals surface area contributed by atoms with Crippen molar-refractivity contribution < 1.29 is 18.3 Å². The van der Waals surface area contributed by atoms with E-state index in [9.17, 15) is 13.2 Å². The van der Waals surface area contributed by atoms with Crippen molar-refractivity contribution >= 4 is 11.6 Å². The number of rotatable bonds is 6. The van der Waals surface area contributed by atoms with Crippen LogP contribution < -0.4 is 0 Å². The van der Waals surface area contributed by atoms with Crippen molar-refractivity contribution in [3.05, 3.63) is 29.0 Å². The van der Waals surface area contributed by atoms with Crippen LogP contribution in [-0.2, 0) is 6.54 Å². The summed E-state index contributed by atoms with van der Waals surface area (Å²) in [6.45, 7) is -0.917. The van der Waals surface area contributed by atoms with Crippen molar-refractivity contribution in [3.63, 3.8) is 0 Å². The highest BCUT2D eigenvalue weighted by Gasteiger charge is 2.30. The molecular weight excluding hydrogens is 269 g/mol. The lowest BCUT2D eigenvalue weighted by Crippen LogP contribution is -2.35. The molecule has 0 spiro atoms. The summed E-state index contributed by atoms with van der Waals surface area (Å²) in [5.41, 5.74) is 0.592. The van der Waals surface area contributed by atoms with Gasteiger partial charge in [-0.05, 0) is 18.1 Å². The molecule has 0 radical (unpaired) electrons. The Hall–Kier alpha value is -0.850. The molecule has 0 aromatic carbocycles. The lowest BCUT2D eigenvalue weighted by molar-refractivity contribution is -0.147. The van der Waals surface area contributed by atoms with Crippen molar-refractivity contribution in [2.45, 2.75) is 19.1 Å². The first-order chi connectivity index (χ1) is 8.42. The Kier molecular flexibility index (Phi) is 5.84. The van der Waals surface area contributed by atoms with Gasteiger partial charge in [0.05, 0.1) is 11.6 Å². The van der Waals surface area contributed by atoms with Gasteiger partial charge in [0.15, 0.2) is 0 Å². The number of alkyl halides is 3. The second-order valence-electron chi connectivity index (χ2n) is 3.87. The number of hydrogen-bond donors (Lipinski definition) is 1. The Morgan fingerprint density at radius 1 is 1.39 bits per heavy atom. The molecule has 0 aliphatic rings. The van der Waals surface area contributed by atoms with Gasteiger partial charge in [0.2, 0.25) is 0 Å². The van der Waals surface area contributed by atoms with Crippen LogP contribution in [0.5, 0.6) is 0 Å². The van der Waals surface area contributed by atoms with E-state index in [4.69, 9.17) is 16.7 Å². The third-order valence-electron chi connectivity index (χ3n) is 2.29. The van der Waals surface area contributed by atoms with Gasteiger partial charge in [0.1, 0.15) is 0 Å². The molecule has 1 N–H and O–H groups in total. The maximum atomic E-state index is 12.4. The van der Waals surface area contributed by atoms with Crippen LogP contribution in [0.4, 0.5) is 13.2 Å². The molecule has 1 rings (SSSR count). The quantitative estimate of drug-likeness (QED) is 0.871. The molecular formula is C11H14ClF3N2O. The third-order valence-corrected chi connectivity index (χ3v) is 2.63. The van der Waals surface area contributed by atoms with Gasteiger partial charge in [-0.1, -0.05) is 11.6 Å². The van der Waals surface area contributed by atoms with E-state index in [1.165, 1.54) is 17.3 Å². The van der Waals surface area contributed by atoms with Crippen molar-refractivity contribution in [2.24, 2.45) is 0 Å². The van der Waals surface area contributed by atoms with Crippen LogP contribution in [0.1, 0.15) is 12.0 Å². The standard InChI is InChI=1S/C11H14ClF3N2O/c12-10-6-16-3-2-9(10)7-17(4-1-5-18)8-11(13,14)15/h2-3,6,18H,1,4-5,7-8H2. The number of hydrogen-bond acceptors (Lipinski definition) is 3. The highest BCUT2D eigenvalue weighted by molar-refractivity contribution is 6.31. The predicted molar refractivity (Wildman–Crippen MR) is 62.3 cm³/mol. The van der Waals surface area contributed by atoms with E-state index in [0.717, 1.165) is 0 Å². The molecule has 1 aromatic rings. The van der Waals surface area contributed by atoms with Crippen molar-refractivity contribution in [1.82, 2.24) is 9.88 Å². The largest absolute Gasteiger partial charge is 0.401 e. The van der Waals surface area contributed by atoms with Crippen LogP contribution in [0.25, 0.3) is 0 Å². The molecule has 7 heteroatoms. The van der Waals surface area contributed by atoms with Crippen LogP contribution >= 0.6 is 11.6 Å². The molecule has 3 nitrogen and oxygen atoms in total. The summed E-state index contributed by atoms with van der Waals surface area (Å²) in [4.78, 5) is 4.98. The molecule has 0 saturated heterocycles. The minimum Gasteiger partial charge on any atom is -0.396 e. The molecule has 0 atom stereocenters. The number of aliphatic hydroxyl groups excluding tert-OH is 1. The maximum absolute atomic E-state index is 12.4. The summed E-state index contributed by atoms with van der Waals surface area (Å²) >= 11 is 5.85. The zero-order chi connectivity index (χ0) is 13.6. The van der Waals surface area contributed by atoms with Crippen molar-refractivity contribution in [2.75, 3.05) is 19.7 Å². The molecule has 18 heavy (non-hydrogen) atoms. The summed E-state index contributed by atoms with van der Waals surface area (Å²) in [5.74, 6) is 0. The molecule has 0 unspecified atom stereocenters. The number of pyridine rings is 1. The molecule has 1 aromatic heterocycles. The first kappa shape index (κ1) is 15.2. The number of halogens is 4. The summed E-state index contributed by atoms with van der Waals surface area (Å²) in [7, 11) is 0. The van der Waals surface area contributed by atoms with Crippen LogP contribution in [0.15, 0.2) is 18.5 Å². The molecule has 0 aliphatic carbocycles. The fourth-order valence-corrected chi connectivity index (χ4v) is 1.71. The van der Waals surface area contributed by atoms with Crippen molar-refractivity contribution in [1.29, 1.82) is 0 Å². The number of aromatic nitrogens is 1. The highest BCUT2D eigenvalue weighted by atomic mass is 35.5. The van der Waals surface area contributed by atoms with Gasteiger partial charge in [-0.15, -0.1) is 0 Å². The summed E-state index contributed by atoms with van der Waals surface area (Å²) in [5, 5.41) is 9.03. The lowest BCUT2D eigenvalue weighted by Gasteiger charge is -2.23. The number of aliphatic hydroxyl groups is 1. The van der Waals surface area contributed by atoms with E-state index in [-0.39, 0.29) is 19.7 Å². The average molecular weight is 283 g/mol. The molecule has 0 amide bonds. The first-order valence-corrected chi connectivity index (χ1v) is 5.78. The Morgan fingerprint density at radius 2 is 2.11 bits per heavy atom. The molecule has 0 fully saturated rings. The van der Waals surface area contributed by atoms with Gasteiger partial charge >= 0.3 is 6.18 Å². The smallest absolute Gasteiger partial charge is 0.396 e. The summed E-state index contributed by atoms with van der Waals surface area (Å²) < 4.78 is 37.2. The fourth-order valence-electron chi connectivity index (χ4n) is 1.54. The minimum absolute atomic E-state index is 0.0842. The molecule has 0 bridgehead atoms. The Bertz CT molecular complexity index is 374. The van der Waals surface area contributed by atoms with Crippen molar-refractivity contribution in [3.8, 4) is 0 Å². The Balaban J connectivity index is 2.69. The topological polar surface area (TPSA) is 36.4 Å². The molecule has 0 aliphatic heterocycles. The minimum atomic E-state index is -4.27. The van der Waals surface area contributed by atoms with Crippen LogP contribution in [0.2, 0.25) is 5.02 Å². The van der Waals surface area contributed by atoms with E-state index >= 15 is 0 Å². The van der Waals surface area contributed by atoms with E-state index in [1.54, 1.807) is 6.07 Å². The van der Waals surface area contributed by atoms with E-state index in [2.05, 4.69) is 4.98 Å². The second-order valence-corrected chi connectivity index (χ2v) is 4.28. The van der Waals surface area contributed by atoms with Crippen LogP contribution in [0.3, 0.4) is 0 Å². The average Bonchev–Trinajstić information content (AvgIpc) is 2.27. The normalized spacial score (nSPS) is 12.1. The van der Waals surface area contributed by atoms with Crippen LogP contribution in [0, 0.1) is 0 Å². The summed E-state index contributed by atoms with van der Waals surface area (Å²) in [6.07, 6.45) is -1.10. The van der Waals surface area contributed by atoms with Gasteiger partial charge in [-0.2, -0.15) is 13.2 Å². The Labute approximate surface area is 108 Å². The molecule has 102 valence electrons. The SMILES string of the molecule is OCCCN(Cc1ccncc1Cl)CC(F)(F)F. The fraction of sp³-hybridized carbons (Fsp3) is 0.545. The third kappa shape index (κ3) is 5.66. The molecule has 1 heterocycles. The zero-order valence-corrected chi connectivity index (χ0v) is 10.4. The highest BCUT2D eigenvalue weighted by Crippen LogP contribution is 2.21. The maximum Gasteiger partial charge on any atom is 0.401 e. The second kappa shape index (κ2) is 6.92. The van der Waals surface area contributed by atoms with Gasteiger partial charge in [-0.25, -0.2) is 0 Å². The van der Waals surface area contributed by atoms with Crippen LogP contribution in [-0.4, -0.2) is 40.9 Å². The monoisotopic (exact) mass is 282 g/mol. The Morgan fingerprint density at radius 3 is 2.67 bits per heavy atom. The van der Waals surface area contributed by atoms with Gasteiger partial charge in [0.25, 0.3) is 0 Å². The zero-order valence-electron chi connectivity index (χ0n) is 9.62. The first-order valence-electron chi connectivity index (χ1n) is 5.41. The van der Waals surface area contributed by atoms with E-state index in [0.29, 0.717) is 17.0 Å². The lowest BCUT2D eigenvalue weighted by atomic mass is 10.2. The predicted octanol–water partition coefficient (Wildman–Crippen LogP) is 2.48. The van der Waals surface area contributed by atoms with E-state index < -0.39 is 12.7 Å². The van der Waals surface area contributed by atoms with Gasteiger partial charge in [-0.3, -0.25) is 9.88 Å². The van der Waals surface area contributed by atoms with Gasteiger partial charge < -0.3 is 5.11 Å². The molecule has 0 saturated carbocycles. The van der Waals surface area contributed by atoms with E-state index in [1.807, 2.05) is 0 Å². The number of nitrogens with zero attached hydrogens (tertiary/aromatic N) is 2. The van der Waals surface area contributed by atoms with Gasteiger partial charge in [0, 0.05) is 32.1 Å². The summed E-state index contributed by atoms with van der Waals surface area (Å²) in [6, 6.07) is 1.59.